The van der Waals surface area contributed by atoms with Gasteiger partial charge in [-0.15, -0.1) is 0 Å². The second-order valence-electron chi connectivity index (χ2n) is 7.74. The Morgan fingerprint density at radius 3 is 1.82 bits per heavy atom. The fraction of sp³-hybridized carbons (Fsp3) is 1.00. The van der Waals surface area contributed by atoms with E-state index in [1.165, 1.54) is 19.3 Å². The monoisotopic (exact) mass is 233 g/mol. The highest BCUT2D eigenvalue weighted by atomic mass is 14.9. The van der Waals surface area contributed by atoms with E-state index in [9.17, 15) is 0 Å². The summed E-state index contributed by atoms with van der Waals surface area (Å²) >= 11 is 0. The van der Waals surface area contributed by atoms with Gasteiger partial charge in [-0.05, 0) is 87.5 Å². The van der Waals surface area contributed by atoms with Gasteiger partial charge in [0.1, 0.15) is 0 Å². The molecule has 0 aromatic rings. The maximum atomic E-state index is 3.76. The summed E-state index contributed by atoms with van der Waals surface area (Å²) in [7, 11) is 2.24. The van der Waals surface area contributed by atoms with Crippen LogP contribution in [0.3, 0.4) is 0 Å². The van der Waals surface area contributed by atoms with Crippen LogP contribution in [-0.4, -0.2) is 13.1 Å². The summed E-state index contributed by atoms with van der Waals surface area (Å²) in [6, 6.07) is 0.865. The third-order valence-electron chi connectivity index (χ3n) is 6.68. The fourth-order valence-corrected chi connectivity index (χ4v) is 6.37. The van der Waals surface area contributed by atoms with Crippen molar-refractivity contribution in [1.82, 2.24) is 5.32 Å². The summed E-state index contributed by atoms with van der Waals surface area (Å²) in [5.74, 6) is 4.35. The first-order valence-electron chi connectivity index (χ1n) is 7.96. The van der Waals surface area contributed by atoms with Crippen molar-refractivity contribution in [3.8, 4) is 0 Å². The Bertz CT molecular complexity index is 269. The third kappa shape index (κ3) is 1.54. The molecule has 1 N–H and O–H groups in total. The molecule has 5 fully saturated rings. The van der Waals surface area contributed by atoms with Gasteiger partial charge in [-0.2, -0.15) is 0 Å². The van der Waals surface area contributed by atoms with Crippen LogP contribution in [0.2, 0.25) is 0 Å². The van der Waals surface area contributed by atoms with Crippen molar-refractivity contribution in [3.05, 3.63) is 0 Å². The topological polar surface area (TPSA) is 12.0 Å². The summed E-state index contributed by atoms with van der Waals surface area (Å²) in [4.78, 5) is 0. The van der Waals surface area contributed by atoms with Gasteiger partial charge in [0.25, 0.3) is 0 Å². The largest absolute Gasteiger partial charge is 0.316 e. The van der Waals surface area contributed by atoms with E-state index in [1.807, 2.05) is 0 Å². The van der Waals surface area contributed by atoms with Crippen LogP contribution in [0, 0.1) is 29.1 Å². The van der Waals surface area contributed by atoms with Crippen LogP contribution in [0.5, 0.6) is 0 Å². The molecular weight excluding hydrogens is 206 g/mol. The summed E-state index contributed by atoms with van der Waals surface area (Å²) in [6.07, 6.45) is 14.0. The molecule has 5 aliphatic rings. The van der Waals surface area contributed by atoms with Gasteiger partial charge in [0, 0.05) is 6.04 Å². The van der Waals surface area contributed by atoms with Crippen molar-refractivity contribution in [2.24, 2.45) is 29.1 Å². The lowest BCUT2D eigenvalue weighted by molar-refractivity contribution is -0.0904. The summed E-state index contributed by atoms with van der Waals surface area (Å²) < 4.78 is 0. The predicted molar refractivity (Wildman–Crippen MR) is 70.8 cm³/mol. The molecule has 0 aromatic heterocycles. The Morgan fingerprint density at radius 2 is 1.47 bits per heavy atom. The maximum Gasteiger partial charge on any atom is 0.0149 e. The van der Waals surface area contributed by atoms with Crippen LogP contribution in [0.1, 0.15) is 57.8 Å². The molecule has 17 heavy (non-hydrogen) atoms. The van der Waals surface area contributed by atoms with Crippen molar-refractivity contribution in [1.29, 1.82) is 0 Å². The molecular formula is C16H27N. The van der Waals surface area contributed by atoms with E-state index in [2.05, 4.69) is 12.4 Å². The quantitative estimate of drug-likeness (QED) is 0.785. The average Bonchev–Trinajstić information content (AvgIpc) is 2.20. The molecule has 1 atom stereocenters. The van der Waals surface area contributed by atoms with Crippen LogP contribution in [0.15, 0.2) is 0 Å². The highest BCUT2D eigenvalue weighted by Gasteiger charge is 2.55. The van der Waals surface area contributed by atoms with Crippen LogP contribution < -0.4 is 5.32 Å². The number of hydrogen-bond acceptors (Lipinski definition) is 1. The minimum atomic E-state index is 0.731. The van der Waals surface area contributed by atoms with Crippen LogP contribution in [0.25, 0.3) is 0 Å². The van der Waals surface area contributed by atoms with Crippen molar-refractivity contribution in [2.75, 3.05) is 7.05 Å². The zero-order valence-electron chi connectivity index (χ0n) is 11.3. The lowest BCUT2D eigenvalue weighted by Crippen LogP contribution is -2.58. The van der Waals surface area contributed by atoms with Gasteiger partial charge in [-0.25, -0.2) is 0 Å². The van der Waals surface area contributed by atoms with E-state index in [0.717, 1.165) is 35.1 Å². The Morgan fingerprint density at radius 1 is 0.941 bits per heavy atom. The van der Waals surface area contributed by atoms with Gasteiger partial charge in [-0.3, -0.25) is 0 Å². The van der Waals surface area contributed by atoms with E-state index in [4.69, 9.17) is 0 Å². The molecule has 1 heteroatoms. The standard InChI is InChI=1S/C16H27N/c1-17-15(14-3-2-4-14)16-8-11-5-12(9-16)7-13(6-11)10-16/h11-15,17H,2-10H2,1H3. The molecule has 4 bridgehead atoms. The van der Waals surface area contributed by atoms with Crippen molar-refractivity contribution in [3.63, 3.8) is 0 Å². The minimum Gasteiger partial charge on any atom is -0.316 e. The normalized spacial score (nSPS) is 50.3. The first-order chi connectivity index (χ1) is 8.29. The highest BCUT2D eigenvalue weighted by molar-refractivity contribution is 5.08. The van der Waals surface area contributed by atoms with E-state index in [0.29, 0.717) is 0 Å². The Hall–Kier alpha value is -0.0400. The van der Waals surface area contributed by atoms with E-state index >= 15 is 0 Å². The zero-order valence-corrected chi connectivity index (χ0v) is 11.3. The first kappa shape index (κ1) is 10.8. The Balaban J connectivity index is 1.62. The molecule has 1 unspecified atom stereocenters. The van der Waals surface area contributed by atoms with Crippen molar-refractivity contribution >= 4 is 0 Å². The molecule has 96 valence electrons. The molecule has 0 saturated heterocycles. The maximum absolute atomic E-state index is 3.76. The number of hydrogen-bond donors (Lipinski definition) is 1. The second kappa shape index (κ2) is 3.73. The van der Waals surface area contributed by atoms with Gasteiger partial charge in [0.2, 0.25) is 0 Å². The van der Waals surface area contributed by atoms with Crippen molar-refractivity contribution in [2.45, 2.75) is 63.8 Å². The third-order valence-corrected chi connectivity index (χ3v) is 6.68. The number of nitrogens with one attached hydrogen (secondary N) is 1. The van der Waals surface area contributed by atoms with E-state index < -0.39 is 0 Å². The molecule has 0 amide bonds. The van der Waals surface area contributed by atoms with Crippen molar-refractivity contribution < 1.29 is 0 Å². The smallest absolute Gasteiger partial charge is 0.0149 e. The van der Waals surface area contributed by atoms with Gasteiger partial charge >= 0.3 is 0 Å². The molecule has 5 saturated carbocycles. The molecule has 0 radical (unpaired) electrons. The fourth-order valence-electron chi connectivity index (χ4n) is 6.37. The summed E-state index contributed by atoms with van der Waals surface area (Å²) in [5, 5.41) is 3.76. The Kier molecular flexibility index (Phi) is 2.38. The molecule has 0 spiro atoms. The first-order valence-corrected chi connectivity index (χ1v) is 7.96. The van der Waals surface area contributed by atoms with Crippen LogP contribution >= 0.6 is 0 Å². The lowest BCUT2D eigenvalue weighted by Gasteiger charge is -2.61. The van der Waals surface area contributed by atoms with Gasteiger partial charge in [0.15, 0.2) is 0 Å². The second-order valence-corrected chi connectivity index (χ2v) is 7.74. The van der Waals surface area contributed by atoms with E-state index in [-0.39, 0.29) is 0 Å². The Labute approximate surface area is 106 Å². The lowest BCUT2D eigenvalue weighted by atomic mass is 9.46. The van der Waals surface area contributed by atoms with Crippen LogP contribution in [0.4, 0.5) is 0 Å². The van der Waals surface area contributed by atoms with Gasteiger partial charge < -0.3 is 5.32 Å². The SMILES string of the molecule is CNC(C1CCC1)C12CC3CC(CC(C3)C1)C2. The summed E-state index contributed by atoms with van der Waals surface area (Å²) in [6.45, 7) is 0. The molecule has 0 heterocycles. The van der Waals surface area contributed by atoms with Gasteiger partial charge in [-0.1, -0.05) is 6.42 Å². The summed E-state index contributed by atoms with van der Waals surface area (Å²) in [5.41, 5.74) is 0.731. The minimum absolute atomic E-state index is 0.731. The highest BCUT2D eigenvalue weighted by Crippen LogP contribution is 2.62. The predicted octanol–water partition coefficient (Wildman–Crippen LogP) is 3.59. The molecule has 5 rings (SSSR count). The van der Waals surface area contributed by atoms with Gasteiger partial charge in [0.05, 0.1) is 0 Å². The zero-order chi connectivity index (χ0) is 11.5. The van der Waals surface area contributed by atoms with E-state index in [1.54, 1.807) is 38.5 Å². The molecule has 0 aromatic carbocycles. The average molecular weight is 233 g/mol. The molecule has 5 aliphatic carbocycles. The number of rotatable bonds is 3. The molecule has 0 aliphatic heterocycles. The van der Waals surface area contributed by atoms with Crippen LogP contribution in [-0.2, 0) is 0 Å². The molecule has 1 nitrogen and oxygen atoms in total.